The van der Waals surface area contributed by atoms with Gasteiger partial charge in [0.15, 0.2) is 46.5 Å². The lowest BCUT2D eigenvalue weighted by molar-refractivity contribution is 0.381. The predicted octanol–water partition coefficient (Wildman–Crippen LogP) is 8.05. The molecule has 0 aliphatic rings. The molecule has 0 fully saturated rings. The van der Waals surface area contributed by atoms with E-state index >= 15 is 0 Å². The van der Waals surface area contributed by atoms with E-state index in [2.05, 4.69) is 10.3 Å². The van der Waals surface area contributed by atoms with Crippen LogP contribution < -0.4 is 5.32 Å². The predicted molar refractivity (Wildman–Crippen MR) is 114 cm³/mol. The number of fused-ring (bicyclic) bond motifs is 2. The molecule has 182 valence electrons. The van der Waals surface area contributed by atoms with Crippen LogP contribution in [-0.2, 0) is 0 Å². The third-order valence-electron chi connectivity index (χ3n) is 5.51. The van der Waals surface area contributed by atoms with Gasteiger partial charge < -0.3 is 5.32 Å². The molecule has 0 aliphatic heterocycles. The van der Waals surface area contributed by atoms with E-state index in [1.807, 2.05) is 0 Å². The summed E-state index contributed by atoms with van der Waals surface area (Å²) in [5.74, 6) is -20.8. The summed E-state index contributed by atoms with van der Waals surface area (Å²) in [6.45, 7) is 0. The summed E-state index contributed by atoms with van der Waals surface area (Å²) in [4.78, 5) is 3.74. The zero-order valence-electron chi connectivity index (χ0n) is 17.5. The lowest BCUT2D eigenvalue weighted by Crippen LogP contribution is -2.07. The summed E-state index contributed by atoms with van der Waals surface area (Å²) in [6.07, 6.45) is 0. The Bertz CT molecular complexity index is 1670. The zero-order valence-corrected chi connectivity index (χ0v) is 17.5. The largest absolute Gasteiger partial charge is 0.356 e. The number of nitrogens with one attached hydrogen (secondary N) is 1. The Morgan fingerprint density at radius 3 is 1.69 bits per heavy atom. The highest BCUT2D eigenvalue weighted by Crippen LogP contribution is 2.43. The molecule has 0 spiro atoms. The third-order valence-corrected chi connectivity index (χ3v) is 5.51. The first-order valence-electron chi connectivity index (χ1n) is 10.0. The average Bonchev–Trinajstić information content (AvgIpc) is 2.88. The molecule has 0 aliphatic carbocycles. The van der Waals surface area contributed by atoms with Crippen molar-refractivity contribution in [3.63, 3.8) is 0 Å². The maximum atomic E-state index is 15.0. The molecular formula is C25H9F9N2. The molecule has 0 saturated heterocycles. The van der Waals surface area contributed by atoms with E-state index in [4.69, 9.17) is 0 Å². The van der Waals surface area contributed by atoms with Crippen LogP contribution in [0, 0.1) is 52.4 Å². The number of hydrogen-bond acceptors (Lipinski definition) is 2. The SMILES string of the molecule is Fc1c(F)c(F)c(-c2c3cc(Nc4ccccc4)ccc3nc3c(F)c(F)c(F)c(F)c23)c(F)c1F. The number of rotatable bonds is 3. The molecule has 0 radical (unpaired) electrons. The maximum Gasteiger partial charge on any atom is 0.200 e. The van der Waals surface area contributed by atoms with Crippen molar-refractivity contribution in [1.29, 1.82) is 0 Å². The molecule has 0 atom stereocenters. The van der Waals surface area contributed by atoms with Crippen molar-refractivity contribution in [3.8, 4) is 11.1 Å². The van der Waals surface area contributed by atoms with E-state index in [1.165, 1.54) is 6.07 Å². The first-order valence-corrected chi connectivity index (χ1v) is 10.0. The summed E-state index contributed by atoms with van der Waals surface area (Å²) in [5, 5.41) is 1.16. The number of pyridine rings is 1. The Balaban J connectivity index is 1.98. The average molecular weight is 508 g/mol. The number of anilines is 2. The quantitative estimate of drug-likeness (QED) is 0.115. The van der Waals surface area contributed by atoms with Crippen LogP contribution in [0.3, 0.4) is 0 Å². The van der Waals surface area contributed by atoms with Crippen LogP contribution in [0.1, 0.15) is 0 Å². The number of para-hydroxylation sites is 1. The van der Waals surface area contributed by atoms with Crippen LogP contribution in [0.25, 0.3) is 32.9 Å². The second kappa shape index (κ2) is 8.43. The van der Waals surface area contributed by atoms with Crippen molar-refractivity contribution in [1.82, 2.24) is 4.98 Å². The van der Waals surface area contributed by atoms with Crippen LogP contribution in [-0.4, -0.2) is 4.98 Å². The maximum absolute atomic E-state index is 15.0. The van der Waals surface area contributed by atoms with Gasteiger partial charge in [-0.2, -0.15) is 0 Å². The van der Waals surface area contributed by atoms with E-state index in [0.29, 0.717) is 5.69 Å². The van der Waals surface area contributed by atoms with Crippen molar-refractivity contribution < 1.29 is 39.5 Å². The van der Waals surface area contributed by atoms with Gasteiger partial charge in [-0.25, -0.2) is 44.5 Å². The molecule has 2 nitrogen and oxygen atoms in total. The Morgan fingerprint density at radius 1 is 0.500 bits per heavy atom. The summed E-state index contributed by atoms with van der Waals surface area (Å²) in [5.41, 5.74) is -3.59. The first-order chi connectivity index (χ1) is 17.1. The molecule has 4 aromatic carbocycles. The van der Waals surface area contributed by atoms with E-state index < -0.39 is 79.8 Å². The fourth-order valence-electron chi connectivity index (χ4n) is 3.89. The highest BCUT2D eigenvalue weighted by atomic mass is 19.2. The van der Waals surface area contributed by atoms with Gasteiger partial charge in [-0.05, 0) is 30.3 Å². The van der Waals surface area contributed by atoms with E-state index in [9.17, 15) is 39.5 Å². The molecule has 5 aromatic rings. The first kappa shape index (κ1) is 23.5. The summed E-state index contributed by atoms with van der Waals surface area (Å²) in [7, 11) is 0. The van der Waals surface area contributed by atoms with Gasteiger partial charge in [0.1, 0.15) is 5.52 Å². The highest BCUT2D eigenvalue weighted by molar-refractivity contribution is 6.11. The van der Waals surface area contributed by atoms with Gasteiger partial charge in [0.25, 0.3) is 0 Å². The van der Waals surface area contributed by atoms with Crippen LogP contribution in [0.2, 0.25) is 0 Å². The topological polar surface area (TPSA) is 24.9 Å². The molecule has 1 N–H and O–H groups in total. The zero-order chi connectivity index (χ0) is 25.9. The van der Waals surface area contributed by atoms with Crippen molar-refractivity contribution in [2.45, 2.75) is 0 Å². The van der Waals surface area contributed by atoms with Gasteiger partial charge >= 0.3 is 0 Å². The normalized spacial score (nSPS) is 11.5. The van der Waals surface area contributed by atoms with Crippen molar-refractivity contribution in [2.24, 2.45) is 0 Å². The third kappa shape index (κ3) is 3.42. The van der Waals surface area contributed by atoms with Gasteiger partial charge in [-0.15, -0.1) is 0 Å². The van der Waals surface area contributed by atoms with Crippen molar-refractivity contribution in [2.75, 3.05) is 5.32 Å². The lowest BCUT2D eigenvalue weighted by Gasteiger charge is -2.16. The highest BCUT2D eigenvalue weighted by Gasteiger charge is 2.32. The number of halogens is 9. The summed E-state index contributed by atoms with van der Waals surface area (Å²) >= 11 is 0. The van der Waals surface area contributed by atoms with Gasteiger partial charge in [-0.1, -0.05) is 18.2 Å². The number of aromatic nitrogens is 1. The van der Waals surface area contributed by atoms with Crippen LogP contribution in [0.4, 0.5) is 50.9 Å². The van der Waals surface area contributed by atoms with Crippen LogP contribution in [0.5, 0.6) is 0 Å². The number of nitrogens with zero attached hydrogens (tertiary/aromatic N) is 1. The summed E-state index contributed by atoms with van der Waals surface area (Å²) in [6, 6.07) is 12.0. The van der Waals surface area contributed by atoms with Crippen molar-refractivity contribution in [3.05, 3.63) is 101 Å². The smallest absolute Gasteiger partial charge is 0.200 e. The number of hydrogen-bond donors (Lipinski definition) is 1. The second-order valence-corrected chi connectivity index (χ2v) is 7.63. The molecule has 36 heavy (non-hydrogen) atoms. The molecule has 0 saturated carbocycles. The molecule has 0 bridgehead atoms. The fraction of sp³-hybridized carbons (Fsp3) is 0. The van der Waals surface area contributed by atoms with Gasteiger partial charge in [0.05, 0.1) is 16.5 Å². The molecule has 0 unspecified atom stereocenters. The van der Waals surface area contributed by atoms with Crippen LogP contribution in [0.15, 0.2) is 48.5 Å². The van der Waals surface area contributed by atoms with E-state index in [1.54, 1.807) is 30.3 Å². The monoisotopic (exact) mass is 508 g/mol. The Kier molecular flexibility index (Phi) is 5.50. The Hall–Kier alpha value is -4.28. The van der Waals surface area contributed by atoms with E-state index in [0.717, 1.165) is 12.1 Å². The molecule has 11 heteroatoms. The van der Waals surface area contributed by atoms with E-state index in [-0.39, 0.29) is 11.2 Å². The minimum absolute atomic E-state index is 0.184. The second-order valence-electron chi connectivity index (χ2n) is 7.63. The Labute approximate surface area is 195 Å². The molecule has 5 rings (SSSR count). The van der Waals surface area contributed by atoms with Gasteiger partial charge in [-0.3, -0.25) is 0 Å². The molecule has 0 amide bonds. The Morgan fingerprint density at radius 2 is 1.06 bits per heavy atom. The minimum atomic E-state index is -2.49. The fourth-order valence-corrected chi connectivity index (χ4v) is 3.89. The molecule has 1 aromatic heterocycles. The van der Waals surface area contributed by atoms with Crippen molar-refractivity contribution >= 4 is 33.2 Å². The molecule has 1 heterocycles. The minimum Gasteiger partial charge on any atom is -0.356 e. The number of benzene rings is 4. The van der Waals surface area contributed by atoms with Gasteiger partial charge in [0, 0.05) is 22.3 Å². The standard InChI is InChI=1S/C25H9F9N2/c26-16-14(17(27)20(30)22(32)19(16)29)13-11-8-10(35-9-4-2-1-3-5-9)6-7-12(11)36-25-15(13)18(28)21(31)23(33)24(25)34/h1-8,35H. The van der Waals surface area contributed by atoms with Gasteiger partial charge in [0.2, 0.25) is 5.82 Å². The summed E-state index contributed by atoms with van der Waals surface area (Å²) < 4.78 is 129. The van der Waals surface area contributed by atoms with Crippen LogP contribution >= 0.6 is 0 Å². The molecular weight excluding hydrogens is 499 g/mol. The lowest BCUT2D eigenvalue weighted by atomic mass is 9.93.